The Hall–Kier alpha value is -2.32. The Morgan fingerprint density at radius 3 is 2.48 bits per heavy atom. The molecular weight excluding hydrogens is 374 g/mol. The van der Waals surface area contributed by atoms with Crippen LogP contribution in [0.15, 0.2) is 47.4 Å². The van der Waals surface area contributed by atoms with E-state index in [9.17, 15) is 22.0 Å². The van der Waals surface area contributed by atoms with E-state index < -0.39 is 33.1 Å². The molecule has 5 nitrogen and oxygen atoms in total. The van der Waals surface area contributed by atoms with Gasteiger partial charge in [-0.15, -0.1) is 0 Å². The molecule has 1 N–H and O–H groups in total. The maximum absolute atomic E-state index is 14.1. The van der Waals surface area contributed by atoms with Crippen LogP contribution in [0.4, 0.5) is 14.5 Å². The van der Waals surface area contributed by atoms with Crippen molar-refractivity contribution < 1.29 is 22.0 Å². The lowest BCUT2D eigenvalue weighted by Gasteiger charge is -2.29. The topological polar surface area (TPSA) is 66.5 Å². The SMILES string of the molecule is CC1CCN(S(=O)(=O)c2ccc(F)c(C(=O)Nc3cccc(F)c3)c2)CC1. The molecule has 0 bridgehead atoms. The van der Waals surface area contributed by atoms with Gasteiger partial charge in [-0.25, -0.2) is 17.2 Å². The van der Waals surface area contributed by atoms with Crippen molar-refractivity contribution in [1.82, 2.24) is 4.31 Å². The Bertz CT molecular complexity index is 955. The van der Waals surface area contributed by atoms with Gasteiger partial charge < -0.3 is 5.32 Å². The van der Waals surface area contributed by atoms with E-state index in [1.165, 1.54) is 22.5 Å². The summed E-state index contributed by atoms with van der Waals surface area (Å²) in [5.41, 5.74) is -0.261. The van der Waals surface area contributed by atoms with E-state index in [-0.39, 0.29) is 10.6 Å². The van der Waals surface area contributed by atoms with Crippen LogP contribution in [0.1, 0.15) is 30.1 Å². The number of halogens is 2. The molecule has 0 aromatic heterocycles. The molecule has 27 heavy (non-hydrogen) atoms. The number of carbonyl (C=O) groups excluding carboxylic acids is 1. The first-order valence-corrected chi connectivity index (χ1v) is 10.1. The number of anilines is 1. The monoisotopic (exact) mass is 394 g/mol. The van der Waals surface area contributed by atoms with Gasteiger partial charge >= 0.3 is 0 Å². The third kappa shape index (κ3) is 4.33. The summed E-state index contributed by atoms with van der Waals surface area (Å²) in [5, 5.41) is 2.38. The lowest BCUT2D eigenvalue weighted by molar-refractivity contribution is 0.102. The summed E-state index contributed by atoms with van der Waals surface area (Å²) in [4.78, 5) is 12.2. The maximum Gasteiger partial charge on any atom is 0.258 e. The summed E-state index contributed by atoms with van der Waals surface area (Å²) in [5.74, 6) is -1.79. The van der Waals surface area contributed by atoms with E-state index in [4.69, 9.17) is 0 Å². The molecule has 1 aliphatic heterocycles. The zero-order chi connectivity index (χ0) is 19.6. The fraction of sp³-hybridized carbons (Fsp3) is 0.316. The van der Waals surface area contributed by atoms with Crippen LogP contribution in [-0.4, -0.2) is 31.7 Å². The first-order valence-electron chi connectivity index (χ1n) is 8.64. The van der Waals surface area contributed by atoms with Crippen LogP contribution in [0.25, 0.3) is 0 Å². The van der Waals surface area contributed by atoms with E-state index in [1.54, 1.807) is 0 Å². The molecule has 2 aromatic rings. The fourth-order valence-electron chi connectivity index (χ4n) is 2.98. The minimum Gasteiger partial charge on any atom is -0.322 e. The third-order valence-corrected chi connectivity index (χ3v) is 6.54. The van der Waals surface area contributed by atoms with Crippen molar-refractivity contribution in [3.8, 4) is 0 Å². The van der Waals surface area contributed by atoms with Crippen LogP contribution in [0.2, 0.25) is 0 Å². The second-order valence-electron chi connectivity index (χ2n) is 6.69. The molecule has 0 spiro atoms. The Morgan fingerprint density at radius 2 is 1.81 bits per heavy atom. The molecular formula is C19H20F2N2O3S. The number of piperidine rings is 1. The van der Waals surface area contributed by atoms with Crippen LogP contribution in [0, 0.1) is 17.6 Å². The highest BCUT2D eigenvalue weighted by Crippen LogP contribution is 2.25. The predicted octanol–water partition coefficient (Wildman–Crippen LogP) is 3.64. The van der Waals surface area contributed by atoms with Gasteiger partial charge in [-0.3, -0.25) is 4.79 Å². The molecule has 0 saturated carbocycles. The molecule has 0 aliphatic carbocycles. The van der Waals surface area contributed by atoms with Crippen molar-refractivity contribution in [3.05, 3.63) is 59.7 Å². The van der Waals surface area contributed by atoms with E-state index in [2.05, 4.69) is 12.2 Å². The van der Waals surface area contributed by atoms with Gasteiger partial charge in [0.2, 0.25) is 10.0 Å². The van der Waals surface area contributed by atoms with Crippen LogP contribution < -0.4 is 5.32 Å². The molecule has 1 heterocycles. The number of rotatable bonds is 4. The molecule has 0 atom stereocenters. The van der Waals surface area contributed by atoms with Gasteiger partial charge in [0, 0.05) is 18.8 Å². The van der Waals surface area contributed by atoms with Crippen molar-refractivity contribution in [2.24, 2.45) is 5.92 Å². The molecule has 2 aromatic carbocycles. The smallest absolute Gasteiger partial charge is 0.258 e. The third-order valence-electron chi connectivity index (χ3n) is 4.65. The summed E-state index contributed by atoms with van der Waals surface area (Å²) in [7, 11) is -3.81. The minimum absolute atomic E-state index is 0.136. The molecule has 3 rings (SSSR count). The number of amides is 1. The molecule has 1 amide bonds. The van der Waals surface area contributed by atoms with Crippen LogP contribution in [0.5, 0.6) is 0 Å². The van der Waals surface area contributed by atoms with Crippen LogP contribution in [0.3, 0.4) is 0 Å². The molecule has 0 unspecified atom stereocenters. The Balaban J connectivity index is 1.86. The number of nitrogens with one attached hydrogen (secondary N) is 1. The standard InChI is InChI=1S/C19H20F2N2O3S/c1-13-7-9-23(10-8-13)27(25,26)16-5-6-18(21)17(12-16)19(24)22-15-4-2-3-14(20)11-15/h2-6,11-13H,7-10H2,1H3,(H,22,24). The van der Waals surface area contributed by atoms with Crippen LogP contribution >= 0.6 is 0 Å². The largest absolute Gasteiger partial charge is 0.322 e. The number of hydrogen-bond acceptors (Lipinski definition) is 3. The highest BCUT2D eigenvalue weighted by atomic mass is 32.2. The first kappa shape index (κ1) is 19.4. The normalized spacial score (nSPS) is 16.3. The van der Waals surface area contributed by atoms with Crippen LogP contribution in [-0.2, 0) is 10.0 Å². The fourth-order valence-corrected chi connectivity index (χ4v) is 4.47. The average molecular weight is 394 g/mol. The van der Waals surface area contributed by atoms with E-state index in [0.717, 1.165) is 37.1 Å². The van der Waals surface area contributed by atoms with Crippen molar-refractivity contribution >= 4 is 21.6 Å². The predicted molar refractivity (Wildman–Crippen MR) is 97.9 cm³/mol. The Morgan fingerprint density at radius 1 is 1.11 bits per heavy atom. The zero-order valence-corrected chi connectivity index (χ0v) is 15.6. The molecule has 8 heteroatoms. The summed E-state index contributed by atoms with van der Waals surface area (Å²) < 4.78 is 54.3. The maximum atomic E-state index is 14.1. The number of benzene rings is 2. The summed E-state index contributed by atoms with van der Waals surface area (Å²) >= 11 is 0. The number of nitrogens with zero attached hydrogens (tertiary/aromatic N) is 1. The highest BCUT2D eigenvalue weighted by molar-refractivity contribution is 7.89. The lowest BCUT2D eigenvalue weighted by atomic mass is 10.0. The van der Waals surface area contributed by atoms with Gasteiger partial charge in [0.15, 0.2) is 0 Å². The number of sulfonamides is 1. The Labute approximate surface area is 157 Å². The molecule has 1 saturated heterocycles. The first-order chi connectivity index (χ1) is 12.8. The summed E-state index contributed by atoms with van der Waals surface area (Å²) in [6.45, 7) is 2.86. The lowest BCUT2D eigenvalue weighted by Crippen LogP contribution is -2.38. The molecule has 1 aliphatic rings. The van der Waals surface area contributed by atoms with Crippen molar-refractivity contribution in [2.45, 2.75) is 24.7 Å². The number of hydrogen-bond donors (Lipinski definition) is 1. The molecule has 0 radical (unpaired) electrons. The quantitative estimate of drug-likeness (QED) is 0.861. The Kier molecular flexibility index (Phi) is 5.57. The van der Waals surface area contributed by atoms with Gasteiger partial charge in [0.1, 0.15) is 11.6 Å². The van der Waals surface area contributed by atoms with E-state index in [1.807, 2.05) is 0 Å². The summed E-state index contributed by atoms with van der Waals surface area (Å²) in [6.07, 6.45) is 1.51. The zero-order valence-electron chi connectivity index (χ0n) is 14.8. The van der Waals surface area contributed by atoms with E-state index in [0.29, 0.717) is 19.0 Å². The van der Waals surface area contributed by atoms with Crippen molar-refractivity contribution in [1.29, 1.82) is 0 Å². The highest BCUT2D eigenvalue weighted by Gasteiger charge is 2.29. The second-order valence-corrected chi connectivity index (χ2v) is 8.63. The molecule has 1 fully saturated rings. The number of carbonyl (C=O) groups is 1. The van der Waals surface area contributed by atoms with Crippen molar-refractivity contribution in [2.75, 3.05) is 18.4 Å². The summed E-state index contributed by atoms with van der Waals surface area (Å²) in [6, 6.07) is 8.29. The van der Waals surface area contributed by atoms with Gasteiger partial charge in [-0.2, -0.15) is 4.31 Å². The van der Waals surface area contributed by atoms with Gasteiger partial charge in [-0.05, 0) is 55.2 Å². The molecule has 144 valence electrons. The van der Waals surface area contributed by atoms with Gasteiger partial charge in [-0.1, -0.05) is 13.0 Å². The second kappa shape index (κ2) is 7.74. The van der Waals surface area contributed by atoms with Gasteiger partial charge in [0.05, 0.1) is 10.5 Å². The minimum atomic E-state index is -3.81. The average Bonchev–Trinajstić information content (AvgIpc) is 2.62. The van der Waals surface area contributed by atoms with E-state index >= 15 is 0 Å². The van der Waals surface area contributed by atoms with Gasteiger partial charge in [0.25, 0.3) is 5.91 Å². The van der Waals surface area contributed by atoms with Crippen molar-refractivity contribution in [3.63, 3.8) is 0 Å².